The van der Waals surface area contributed by atoms with Crippen LogP contribution in [0.25, 0.3) is 0 Å². The van der Waals surface area contributed by atoms with Gasteiger partial charge in [0.05, 0.1) is 17.9 Å². The Kier molecular flexibility index (Phi) is 5.92. The van der Waals surface area contributed by atoms with Crippen LogP contribution >= 0.6 is 0 Å². The smallest absolute Gasteiger partial charge is 0.261 e. The molecule has 1 aromatic carbocycles. The normalized spacial score (nSPS) is 14.4. The summed E-state index contributed by atoms with van der Waals surface area (Å²) >= 11 is 0. The Balaban J connectivity index is 1.51. The second-order valence-corrected chi connectivity index (χ2v) is 7.83. The van der Waals surface area contributed by atoms with Crippen LogP contribution < -0.4 is 16.2 Å². The highest BCUT2D eigenvalue weighted by molar-refractivity contribution is 6.09. The molecule has 4 N–H and O–H groups in total. The summed E-state index contributed by atoms with van der Waals surface area (Å²) in [6, 6.07) is 9.95. The molecule has 2 aromatic heterocycles. The number of nitrogens with zero attached hydrogens (tertiary/aromatic N) is 3. The number of nitrogens with one attached hydrogen (secondary N) is 4. The van der Waals surface area contributed by atoms with Crippen LogP contribution in [0, 0.1) is 12.3 Å². The van der Waals surface area contributed by atoms with Gasteiger partial charge in [-0.1, -0.05) is 36.6 Å². The molecular weight excluding hydrogens is 378 g/mol. The SMILES string of the molecule is Cc1cn(Cc2cccc(NC(=N)c3c(NC4CCCCC4)cc[nH]c3=O)c2)nn1. The van der Waals surface area contributed by atoms with Crippen molar-refractivity contribution in [3.8, 4) is 0 Å². The Hall–Kier alpha value is -3.42. The van der Waals surface area contributed by atoms with Crippen molar-refractivity contribution in [3.05, 3.63) is 69.9 Å². The third kappa shape index (κ3) is 4.76. The average molecular weight is 406 g/mol. The fourth-order valence-corrected chi connectivity index (χ4v) is 3.93. The van der Waals surface area contributed by atoms with Crippen LogP contribution in [0.5, 0.6) is 0 Å². The van der Waals surface area contributed by atoms with Gasteiger partial charge in [-0.3, -0.25) is 10.2 Å². The van der Waals surface area contributed by atoms with Gasteiger partial charge in [0, 0.05) is 24.1 Å². The van der Waals surface area contributed by atoms with Crippen molar-refractivity contribution >= 4 is 17.2 Å². The fraction of sp³-hybridized carbons (Fsp3) is 0.364. The quantitative estimate of drug-likeness (QED) is 0.370. The molecule has 1 aliphatic rings. The van der Waals surface area contributed by atoms with E-state index in [2.05, 4.69) is 25.9 Å². The molecule has 1 saturated carbocycles. The minimum Gasteiger partial charge on any atom is -0.382 e. The highest BCUT2D eigenvalue weighted by atomic mass is 16.1. The van der Waals surface area contributed by atoms with E-state index in [1.165, 1.54) is 19.3 Å². The first kappa shape index (κ1) is 19.9. The maximum Gasteiger partial charge on any atom is 0.261 e. The summed E-state index contributed by atoms with van der Waals surface area (Å²) in [5.41, 5.74) is 3.41. The summed E-state index contributed by atoms with van der Waals surface area (Å²) < 4.78 is 1.77. The number of aryl methyl sites for hydroxylation is 1. The van der Waals surface area contributed by atoms with E-state index < -0.39 is 0 Å². The molecule has 8 heteroatoms. The van der Waals surface area contributed by atoms with Gasteiger partial charge in [-0.05, 0) is 43.5 Å². The van der Waals surface area contributed by atoms with Gasteiger partial charge in [-0.2, -0.15) is 0 Å². The molecule has 30 heavy (non-hydrogen) atoms. The zero-order chi connectivity index (χ0) is 20.9. The monoisotopic (exact) mass is 405 g/mol. The number of anilines is 2. The summed E-state index contributed by atoms with van der Waals surface area (Å²) in [6.07, 6.45) is 9.36. The molecule has 0 aliphatic heterocycles. The molecule has 8 nitrogen and oxygen atoms in total. The van der Waals surface area contributed by atoms with Gasteiger partial charge >= 0.3 is 0 Å². The molecule has 4 rings (SSSR count). The van der Waals surface area contributed by atoms with E-state index in [9.17, 15) is 4.79 Å². The number of rotatable bonds is 6. The second-order valence-electron chi connectivity index (χ2n) is 7.83. The van der Waals surface area contributed by atoms with Crippen LogP contribution in [0.2, 0.25) is 0 Å². The minimum absolute atomic E-state index is 0.0731. The molecule has 0 saturated heterocycles. The number of benzene rings is 1. The van der Waals surface area contributed by atoms with Crippen LogP contribution in [-0.4, -0.2) is 31.9 Å². The van der Waals surface area contributed by atoms with Crippen LogP contribution in [0.4, 0.5) is 11.4 Å². The topological polar surface area (TPSA) is 111 Å². The standard InChI is InChI=1S/C22H27N7O/c1-15-13-29(28-27-15)14-16-6-5-9-18(12-16)26-21(23)20-19(10-11-24-22(20)30)25-17-7-3-2-4-8-17/h5-6,9-13,17H,2-4,7-8,14H2,1H3,(H2,23,26)(H2,24,25,30). The van der Waals surface area contributed by atoms with E-state index in [0.29, 0.717) is 23.8 Å². The molecule has 0 unspecified atom stereocenters. The van der Waals surface area contributed by atoms with Crippen molar-refractivity contribution in [2.75, 3.05) is 10.6 Å². The van der Waals surface area contributed by atoms with E-state index in [0.717, 1.165) is 29.8 Å². The van der Waals surface area contributed by atoms with Gasteiger partial charge in [0.15, 0.2) is 0 Å². The summed E-state index contributed by atoms with van der Waals surface area (Å²) in [5, 5.41) is 23.2. The van der Waals surface area contributed by atoms with E-state index in [-0.39, 0.29) is 11.4 Å². The Morgan fingerprint density at radius 3 is 2.87 bits per heavy atom. The number of hydrogen-bond donors (Lipinski definition) is 4. The third-order valence-corrected chi connectivity index (χ3v) is 5.37. The Morgan fingerprint density at radius 2 is 2.10 bits per heavy atom. The van der Waals surface area contributed by atoms with Gasteiger partial charge < -0.3 is 15.6 Å². The number of H-pyrrole nitrogens is 1. The largest absolute Gasteiger partial charge is 0.382 e. The molecular formula is C22H27N7O. The molecule has 0 spiro atoms. The Bertz CT molecular complexity index is 1080. The third-order valence-electron chi connectivity index (χ3n) is 5.37. The average Bonchev–Trinajstić information content (AvgIpc) is 3.13. The predicted octanol–water partition coefficient (Wildman–Crippen LogP) is 3.51. The van der Waals surface area contributed by atoms with Gasteiger partial charge in [-0.15, -0.1) is 5.10 Å². The lowest BCUT2D eigenvalue weighted by atomic mass is 9.95. The van der Waals surface area contributed by atoms with E-state index in [4.69, 9.17) is 5.41 Å². The van der Waals surface area contributed by atoms with Crippen LogP contribution in [0.1, 0.15) is 48.9 Å². The van der Waals surface area contributed by atoms with Gasteiger partial charge in [0.25, 0.3) is 5.56 Å². The van der Waals surface area contributed by atoms with Gasteiger partial charge in [0.2, 0.25) is 0 Å². The number of aromatic amines is 1. The van der Waals surface area contributed by atoms with Gasteiger partial charge in [-0.25, -0.2) is 4.68 Å². The lowest BCUT2D eigenvalue weighted by Gasteiger charge is -2.25. The van der Waals surface area contributed by atoms with Crippen molar-refractivity contribution in [1.82, 2.24) is 20.0 Å². The van der Waals surface area contributed by atoms with Crippen LogP contribution in [0.15, 0.2) is 47.5 Å². The maximum absolute atomic E-state index is 12.5. The fourth-order valence-electron chi connectivity index (χ4n) is 3.93. The van der Waals surface area contributed by atoms with Gasteiger partial charge in [0.1, 0.15) is 11.4 Å². The molecule has 0 amide bonds. The highest BCUT2D eigenvalue weighted by Crippen LogP contribution is 2.23. The molecule has 1 aliphatic carbocycles. The minimum atomic E-state index is -0.275. The van der Waals surface area contributed by atoms with Crippen LogP contribution in [-0.2, 0) is 6.54 Å². The summed E-state index contributed by atoms with van der Waals surface area (Å²) in [7, 11) is 0. The van der Waals surface area contributed by atoms with Crippen molar-refractivity contribution in [2.24, 2.45) is 0 Å². The first-order valence-electron chi connectivity index (χ1n) is 10.4. The first-order chi connectivity index (χ1) is 14.6. The lowest BCUT2D eigenvalue weighted by Crippen LogP contribution is -2.29. The Morgan fingerprint density at radius 1 is 1.27 bits per heavy atom. The molecule has 0 atom stereocenters. The van der Waals surface area contributed by atoms with Crippen molar-refractivity contribution in [1.29, 1.82) is 5.41 Å². The Labute approximate surface area is 175 Å². The second kappa shape index (κ2) is 8.94. The molecule has 1 fully saturated rings. The number of amidine groups is 1. The predicted molar refractivity (Wildman–Crippen MR) is 118 cm³/mol. The highest BCUT2D eigenvalue weighted by Gasteiger charge is 2.18. The molecule has 156 valence electrons. The number of hydrogen-bond acceptors (Lipinski definition) is 5. The zero-order valence-electron chi connectivity index (χ0n) is 17.1. The van der Waals surface area contributed by atoms with E-state index in [1.807, 2.05) is 43.5 Å². The number of pyridine rings is 1. The summed E-state index contributed by atoms with van der Waals surface area (Å²) in [5.74, 6) is 0.0731. The molecule has 2 heterocycles. The summed E-state index contributed by atoms with van der Waals surface area (Å²) in [4.78, 5) is 15.2. The van der Waals surface area contributed by atoms with Crippen molar-refractivity contribution in [2.45, 2.75) is 51.6 Å². The summed E-state index contributed by atoms with van der Waals surface area (Å²) in [6.45, 7) is 2.49. The first-order valence-corrected chi connectivity index (χ1v) is 10.4. The van der Waals surface area contributed by atoms with E-state index in [1.54, 1.807) is 10.9 Å². The van der Waals surface area contributed by atoms with Crippen molar-refractivity contribution < 1.29 is 0 Å². The number of aromatic nitrogens is 4. The maximum atomic E-state index is 12.5. The zero-order valence-corrected chi connectivity index (χ0v) is 17.1. The lowest BCUT2D eigenvalue weighted by molar-refractivity contribution is 0.462. The van der Waals surface area contributed by atoms with E-state index >= 15 is 0 Å². The molecule has 0 bridgehead atoms. The van der Waals surface area contributed by atoms with Crippen LogP contribution in [0.3, 0.4) is 0 Å². The molecule has 0 radical (unpaired) electrons. The molecule has 3 aromatic rings. The van der Waals surface area contributed by atoms with Crippen molar-refractivity contribution in [3.63, 3.8) is 0 Å².